The molecular formula is C15H13NO4. The second-order valence-corrected chi connectivity index (χ2v) is 4.39. The topological polar surface area (TPSA) is 80.4 Å². The lowest BCUT2D eigenvalue weighted by molar-refractivity contribution is -0.385. The summed E-state index contributed by atoms with van der Waals surface area (Å²) in [5.74, 6) is 0. The van der Waals surface area contributed by atoms with E-state index in [-0.39, 0.29) is 12.1 Å². The molecule has 0 saturated heterocycles. The molecule has 1 atom stereocenters. The monoisotopic (exact) mass is 271 g/mol. The van der Waals surface area contributed by atoms with Crippen LogP contribution in [0.4, 0.5) is 5.69 Å². The fourth-order valence-corrected chi connectivity index (χ4v) is 1.98. The van der Waals surface area contributed by atoms with Crippen LogP contribution in [-0.4, -0.2) is 16.3 Å². The number of carbonyl (C=O) groups excluding carboxylic acids is 1. The summed E-state index contributed by atoms with van der Waals surface area (Å²) in [4.78, 5) is 21.0. The SMILES string of the molecule is O=Cc1ccc(C(O)Cc2ccccc2[N+](=O)[O-])cc1. The van der Waals surface area contributed by atoms with E-state index in [2.05, 4.69) is 0 Å². The van der Waals surface area contributed by atoms with Gasteiger partial charge in [0, 0.05) is 23.6 Å². The van der Waals surface area contributed by atoms with Gasteiger partial charge in [0.15, 0.2) is 0 Å². The van der Waals surface area contributed by atoms with Gasteiger partial charge in [0.05, 0.1) is 11.0 Å². The Balaban J connectivity index is 2.20. The molecule has 2 aromatic rings. The highest BCUT2D eigenvalue weighted by Crippen LogP contribution is 2.24. The highest BCUT2D eigenvalue weighted by molar-refractivity contribution is 5.74. The van der Waals surface area contributed by atoms with Crippen LogP contribution in [0.15, 0.2) is 48.5 Å². The molecule has 0 saturated carbocycles. The third-order valence-corrected chi connectivity index (χ3v) is 3.06. The number of hydrogen-bond acceptors (Lipinski definition) is 4. The molecule has 1 unspecified atom stereocenters. The Kier molecular flexibility index (Phi) is 4.22. The highest BCUT2D eigenvalue weighted by atomic mass is 16.6. The Morgan fingerprint density at radius 3 is 2.40 bits per heavy atom. The largest absolute Gasteiger partial charge is 0.388 e. The highest BCUT2D eigenvalue weighted by Gasteiger charge is 2.16. The van der Waals surface area contributed by atoms with Crippen LogP contribution < -0.4 is 0 Å². The van der Waals surface area contributed by atoms with E-state index in [0.29, 0.717) is 16.7 Å². The number of aldehydes is 1. The molecule has 0 aromatic heterocycles. The van der Waals surface area contributed by atoms with Crippen LogP contribution in [0.2, 0.25) is 0 Å². The zero-order valence-electron chi connectivity index (χ0n) is 10.6. The molecule has 2 rings (SSSR count). The van der Waals surface area contributed by atoms with Crippen LogP contribution in [0.3, 0.4) is 0 Å². The number of carbonyl (C=O) groups is 1. The van der Waals surface area contributed by atoms with Crippen LogP contribution in [-0.2, 0) is 6.42 Å². The molecule has 0 spiro atoms. The average Bonchev–Trinajstić information content (AvgIpc) is 2.47. The normalized spacial score (nSPS) is 11.8. The third-order valence-electron chi connectivity index (χ3n) is 3.06. The molecule has 2 aromatic carbocycles. The molecule has 0 heterocycles. The van der Waals surface area contributed by atoms with Crippen molar-refractivity contribution >= 4 is 12.0 Å². The second kappa shape index (κ2) is 6.08. The van der Waals surface area contributed by atoms with Gasteiger partial charge in [0.25, 0.3) is 5.69 Å². The van der Waals surface area contributed by atoms with Crippen molar-refractivity contribution in [2.45, 2.75) is 12.5 Å². The summed E-state index contributed by atoms with van der Waals surface area (Å²) < 4.78 is 0. The lowest BCUT2D eigenvalue weighted by Crippen LogP contribution is -2.04. The van der Waals surface area contributed by atoms with Crippen LogP contribution in [0.25, 0.3) is 0 Å². The Morgan fingerprint density at radius 2 is 1.80 bits per heavy atom. The number of nitrogens with zero attached hydrogens (tertiary/aromatic N) is 1. The smallest absolute Gasteiger partial charge is 0.272 e. The zero-order valence-corrected chi connectivity index (χ0v) is 10.6. The average molecular weight is 271 g/mol. The molecule has 0 aliphatic heterocycles. The molecule has 0 aliphatic carbocycles. The van der Waals surface area contributed by atoms with E-state index >= 15 is 0 Å². The van der Waals surface area contributed by atoms with Crippen molar-refractivity contribution in [2.75, 3.05) is 0 Å². The van der Waals surface area contributed by atoms with Gasteiger partial charge in [-0.1, -0.05) is 42.5 Å². The lowest BCUT2D eigenvalue weighted by atomic mass is 9.99. The van der Waals surface area contributed by atoms with Gasteiger partial charge in [-0.25, -0.2) is 0 Å². The van der Waals surface area contributed by atoms with Crippen molar-refractivity contribution in [1.82, 2.24) is 0 Å². The number of nitro benzene ring substituents is 1. The van der Waals surface area contributed by atoms with Crippen LogP contribution in [0.5, 0.6) is 0 Å². The van der Waals surface area contributed by atoms with Gasteiger partial charge in [-0.2, -0.15) is 0 Å². The molecule has 0 radical (unpaired) electrons. The van der Waals surface area contributed by atoms with Gasteiger partial charge in [-0.3, -0.25) is 14.9 Å². The Hall–Kier alpha value is -2.53. The molecule has 0 fully saturated rings. The van der Waals surface area contributed by atoms with E-state index < -0.39 is 11.0 Å². The van der Waals surface area contributed by atoms with Crippen LogP contribution >= 0.6 is 0 Å². The molecular weight excluding hydrogens is 258 g/mol. The summed E-state index contributed by atoms with van der Waals surface area (Å²) >= 11 is 0. The first kappa shape index (κ1) is 13.9. The molecule has 5 heteroatoms. The minimum atomic E-state index is -0.850. The number of nitro groups is 1. The zero-order chi connectivity index (χ0) is 14.5. The Morgan fingerprint density at radius 1 is 1.15 bits per heavy atom. The fourth-order valence-electron chi connectivity index (χ4n) is 1.98. The van der Waals surface area contributed by atoms with Gasteiger partial charge in [-0.05, 0) is 5.56 Å². The first-order valence-corrected chi connectivity index (χ1v) is 6.07. The summed E-state index contributed by atoms with van der Waals surface area (Å²) in [5.41, 5.74) is 1.61. The van der Waals surface area contributed by atoms with Crippen molar-refractivity contribution < 1.29 is 14.8 Å². The standard InChI is InChI=1S/C15H13NO4/c17-10-11-5-7-12(8-6-11)15(18)9-13-3-1-2-4-14(13)16(19)20/h1-8,10,15,18H,9H2. The van der Waals surface area contributed by atoms with E-state index in [0.717, 1.165) is 6.29 Å². The minimum Gasteiger partial charge on any atom is -0.388 e. The van der Waals surface area contributed by atoms with Crippen molar-refractivity contribution in [3.8, 4) is 0 Å². The summed E-state index contributed by atoms with van der Waals surface area (Å²) in [5, 5.41) is 21.0. The molecule has 102 valence electrons. The maximum atomic E-state index is 10.9. The molecule has 5 nitrogen and oxygen atoms in total. The number of aliphatic hydroxyl groups is 1. The van der Waals surface area contributed by atoms with Crippen molar-refractivity contribution in [3.05, 3.63) is 75.3 Å². The van der Waals surface area contributed by atoms with Crippen molar-refractivity contribution in [1.29, 1.82) is 0 Å². The van der Waals surface area contributed by atoms with Crippen molar-refractivity contribution in [2.24, 2.45) is 0 Å². The number of rotatable bonds is 5. The number of aliphatic hydroxyl groups excluding tert-OH is 1. The Bertz CT molecular complexity index is 622. The van der Waals surface area contributed by atoms with Gasteiger partial charge in [0.1, 0.15) is 6.29 Å². The van der Waals surface area contributed by atoms with E-state index in [9.17, 15) is 20.0 Å². The fraction of sp³-hybridized carbons (Fsp3) is 0.133. The number of benzene rings is 2. The van der Waals surface area contributed by atoms with Gasteiger partial charge < -0.3 is 5.11 Å². The van der Waals surface area contributed by atoms with E-state index in [1.807, 2.05) is 0 Å². The first-order chi connectivity index (χ1) is 9.61. The van der Waals surface area contributed by atoms with E-state index in [1.54, 1.807) is 42.5 Å². The minimum absolute atomic E-state index is 0.00365. The summed E-state index contributed by atoms with van der Waals surface area (Å²) in [6.45, 7) is 0. The predicted octanol–water partition coefficient (Wildman–Crippen LogP) is 2.68. The van der Waals surface area contributed by atoms with E-state index in [1.165, 1.54) is 6.07 Å². The van der Waals surface area contributed by atoms with Crippen LogP contribution in [0.1, 0.15) is 27.6 Å². The molecule has 0 aliphatic rings. The number of hydrogen-bond donors (Lipinski definition) is 1. The second-order valence-electron chi connectivity index (χ2n) is 4.39. The molecule has 0 amide bonds. The Labute approximate surface area is 115 Å². The maximum absolute atomic E-state index is 10.9. The van der Waals surface area contributed by atoms with Crippen LogP contribution in [0, 0.1) is 10.1 Å². The van der Waals surface area contributed by atoms with Gasteiger partial charge in [0.2, 0.25) is 0 Å². The molecule has 20 heavy (non-hydrogen) atoms. The van der Waals surface area contributed by atoms with E-state index in [4.69, 9.17) is 0 Å². The third kappa shape index (κ3) is 3.07. The summed E-state index contributed by atoms with van der Waals surface area (Å²) in [6, 6.07) is 12.8. The first-order valence-electron chi connectivity index (χ1n) is 6.07. The maximum Gasteiger partial charge on any atom is 0.272 e. The summed E-state index contributed by atoms with van der Waals surface area (Å²) in [7, 11) is 0. The van der Waals surface area contributed by atoms with Gasteiger partial charge in [-0.15, -0.1) is 0 Å². The van der Waals surface area contributed by atoms with Crippen molar-refractivity contribution in [3.63, 3.8) is 0 Å². The predicted molar refractivity (Wildman–Crippen MR) is 73.6 cm³/mol. The quantitative estimate of drug-likeness (QED) is 0.515. The number of para-hydroxylation sites is 1. The molecule has 0 bridgehead atoms. The lowest BCUT2D eigenvalue weighted by Gasteiger charge is -2.11. The van der Waals surface area contributed by atoms with Gasteiger partial charge >= 0.3 is 0 Å². The summed E-state index contributed by atoms with van der Waals surface area (Å²) in [6.07, 6.45) is 0.0206. The molecule has 1 N–H and O–H groups in total.